The molecule has 1 heterocycles. The summed E-state index contributed by atoms with van der Waals surface area (Å²) >= 11 is 0. The first-order valence-electron chi connectivity index (χ1n) is 9.83. The molecule has 0 bridgehead atoms. The zero-order valence-electron chi connectivity index (χ0n) is 17.5. The van der Waals surface area contributed by atoms with Crippen molar-refractivity contribution >= 4 is 22.9 Å². The second-order valence-corrected chi connectivity index (χ2v) is 7.20. The number of benzene rings is 3. The fraction of sp³-hybridized carbons (Fsp3) is 0.120. The summed E-state index contributed by atoms with van der Waals surface area (Å²) in [6.45, 7) is 3.75. The van der Waals surface area contributed by atoms with Gasteiger partial charge in [0.2, 0.25) is 0 Å². The van der Waals surface area contributed by atoms with E-state index in [0.29, 0.717) is 11.3 Å². The molecule has 1 N–H and O–H groups in total. The minimum Gasteiger partial charge on any atom is -0.496 e. The van der Waals surface area contributed by atoms with Gasteiger partial charge in [-0.1, -0.05) is 30.3 Å². The molecule has 5 nitrogen and oxygen atoms in total. The van der Waals surface area contributed by atoms with Gasteiger partial charge in [-0.25, -0.2) is 9.82 Å². The molecule has 0 aliphatic rings. The number of nitrogens with one attached hydrogen (secondary N) is 1. The molecular formula is C25H22FN3O2. The van der Waals surface area contributed by atoms with Crippen LogP contribution in [0.2, 0.25) is 0 Å². The lowest BCUT2D eigenvalue weighted by Crippen LogP contribution is -2.18. The molecule has 0 fully saturated rings. The van der Waals surface area contributed by atoms with E-state index in [0.717, 1.165) is 33.4 Å². The predicted octanol–water partition coefficient (Wildman–Crippen LogP) is 5.16. The number of methoxy groups -OCH3 is 1. The van der Waals surface area contributed by atoms with Crippen molar-refractivity contribution < 1.29 is 13.9 Å². The van der Waals surface area contributed by atoms with Crippen LogP contribution >= 0.6 is 0 Å². The van der Waals surface area contributed by atoms with Crippen molar-refractivity contribution in [2.75, 3.05) is 7.11 Å². The molecule has 6 heteroatoms. The molecule has 0 spiro atoms. The molecule has 31 heavy (non-hydrogen) atoms. The summed E-state index contributed by atoms with van der Waals surface area (Å²) in [5.74, 6) is 0.0467. The van der Waals surface area contributed by atoms with Crippen molar-refractivity contribution in [2.45, 2.75) is 13.8 Å². The summed E-state index contributed by atoms with van der Waals surface area (Å²) in [6.07, 6.45) is 1.60. The van der Waals surface area contributed by atoms with E-state index in [1.165, 1.54) is 12.1 Å². The van der Waals surface area contributed by atoms with E-state index in [1.807, 2.05) is 54.8 Å². The normalized spacial score (nSPS) is 11.2. The topological polar surface area (TPSA) is 55.6 Å². The van der Waals surface area contributed by atoms with Gasteiger partial charge in [0.05, 0.1) is 18.9 Å². The first kappa shape index (κ1) is 20.3. The van der Waals surface area contributed by atoms with Gasteiger partial charge < -0.3 is 9.30 Å². The van der Waals surface area contributed by atoms with E-state index in [-0.39, 0.29) is 11.7 Å². The van der Waals surface area contributed by atoms with Crippen LogP contribution in [0.25, 0.3) is 16.5 Å². The summed E-state index contributed by atoms with van der Waals surface area (Å²) in [6, 6.07) is 19.7. The molecule has 0 atom stereocenters. The smallest absolute Gasteiger partial charge is 0.273 e. The molecule has 0 unspecified atom stereocenters. The quantitative estimate of drug-likeness (QED) is 0.362. The molecule has 156 valence electrons. The van der Waals surface area contributed by atoms with Crippen LogP contribution in [0.3, 0.4) is 0 Å². The zero-order chi connectivity index (χ0) is 22.0. The van der Waals surface area contributed by atoms with Gasteiger partial charge in [0.1, 0.15) is 11.6 Å². The van der Waals surface area contributed by atoms with Crippen LogP contribution in [0, 0.1) is 19.7 Å². The summed E-state index contributed by atoms with van der Waals surface area (Å²) in [7, 11) is 1.60. The Labute approximate surface area is 179 Å². The first-order chi connectivity index (χ1) is 15.0. The Bertz CT molecular complexity index is 1290. The minimum atomic E-state index is -0.322. The summed E-state index contributed by atoms with van der Waals surface area (Å²) in [5.41, 5.74) is 6.31. The highest BCUT2D eigenvalue weighted by molar-refractivity contribution is 6.03. The number of ether oxygens (including phenoxy) is 1. The molecule has 1 aromatic heterocycles. The van der Waals surface area contributed by atoms with Crippen molar-refractivity contribution in [3.05, 3.63) is 95.1 Å². The lowest BCUT2D eigenvalue weighted by atomic mass is 10.0. The van der Waals surface area contributed by atoms with E-state index >= 15 is 0 Å². The summed E-state index contributed by atoms with van der Waals surface area (Å²) in [5, 5.41) is 6.21. The summed E-state index contributed by atoms with van der Waals surface area (Å²) in [4.78, 5) is 12.8. The SMILES string of the molecule is COc1ccc2ccccc2c1C=NNC(=O)c1cc(C)n(-c2ccc(F)cc2)c1C. The highest BCUT2D eigenvalue weighted by Gasteiger charge is 2.16. The molecule has 4 aromatic rings. The Hall–Kier alpha value is -3.93. The van der Waals surface area contributed by atoms with Crippen molar-refractivity contribution in [1.82, 2.24) is 9.99 Å². The number of carbonyl (C=O) groups excluding carboxylic acids is 1. The van der Waals surface area contributed by atoms with Gasteiger partial charge in [-0.2, -0.15) is 5.10 Å². The number of carbonyl (C=O) groups is 1. The number of aromatic nitrogens is 1. The van der Waals surface area contributed by atoms with Crippen molar-refractivity contribution in [3.63, 3.8) is 0 Å². The van der Waals surface area contributed by atoms with Gasteiger partial charge in [0.25, 0.3) is 5.91 Å². The molecule has 0 radical (unpaired) electrons. The average Bonchev–Trinajstić information content (AvgIpc) is 3.08. The summed E-state index contributed by atoms with van der Waals surface area (Å²) < 4.78 is 20.6. The monoisotopic (exact) mass is 415 g/mol. The number of halogens is 1. The maximum absolute atomic E-state index is 13.3. The van der Waals surface area contributed by atoms with E-state index in [4.69, 9.17) is 4.74 Å². The van der Waals surface area contributed by atoms with Gasteiger partial charge >= 0.3 is 0 Å². The molecule has 0 aliphatic heterocycles. The van der Waals surface area contributed by atoms with Crippen LogP contribution in [0.1, 0.15) is 27.3 Å². The lowest BCUT2D eigenvalue weighted by Gasteiger charge is -2.10. The maximum atomic E-state index is 13.3. The lowest BCUT2D eigenvalue weighted by molar-refractivity contribution is 0.0954. The van der Waals surface area contributed by atoms with Crippen LogP contribution in [-0.4, -0.2) is 23.8 Å². The Morgan fingerprint density at radius 2 is 1.81 bits per heavy atom. The van der Waals surface area contributed by atoms with Crippen LogP contribution in [0.15, 0.2) is 71.8 Å². The minimum absolute atomic E-state index is 0.303. The number of fused-ring (bicyclic) bond motifs is 1. The fourth-order valence-corrected chi connectivity index (χ4v) is 3.78. The Morgan fingerprint density at radius 3 is 2.55 bits per heavy atom. The Morgan fingerprint density at radius 1 is 1.06 bits per heavy atom. The molecule has 3 aromatic carbocycles. The highest BCUT2D eigenvalue weighted by atomic mass is 19.1. The van der Waals surface area contributed by atoms with E-state index < -0.39 is 0 Å². The van der Waals surface area contributed by atoms with Crippen molar-refractivity contribution in [1.29, 1.82) is 0 Å². The zero-order valence-corrected chi connectivity index (χ0v) is 17.5. The van der Waals surface area contributed by atoms with Gasteiger partial charge in [-0.3, -0.25) is 4.79 Å². The number of rotatable bonds is 5. The number of aryl methyl sites for hydroxylation is 1. The third-order valence-electron chi connectivity index (χ3n) is 5.27. The van der Waals surface area contributed by atoms with Crippen LogP contribution in [-0.2, 0) is 0 Å². The van der Waals surface area contributed by atoms with Crippen molar-refractivity contribution in [2.24, 2.45) is 5.10 Å². The third kappa shape index (κ3) is 3.92. The molecule has 1 amide bonds. The van der Waals surface area contributed by atoms with E-state index in [2.05, 4.69) is 10.5 Å². The number of nitrogens with zero attached hydrogens (tertiary/aromatic N) is 2. The first-order valence-corrected chi connectivity index (χ1v) is 9.83. The average molecular weight is 415 g/mol. The van der Waals surface area contributed by atoms with Crippen LogP contribution < -0.4 is 10.2 Å². The second kappa shape index (κ2) is 8.44. The van der Waals surface area contributed by atoms with Crippen LogP contribution in [0.5, 0.6) is 5.75 Å². The Kier molecular flexibility index (Phi) is 5.54. The standard InChI is InChI=1S/C25H22FN3O2/c1-16-14-22(17(2)29(16)20-11-9-19(26)10-12-20)25(30)28-27-15-23-21-7-5-4-6-18(21)8-13-24(23)31-3/h4-15H,1-3H3,(H,28,30). The molecule has 4 rings (SSSR count). The van der Waals surface area contributed by atoms with E-state index in [9.17, 15) is 9.18 Å². The van der Waals surface area contributed by atoms with Gasteiger partial charge in [0, 0.05) is 22.6 Å². The van der Waals surface area contributed by atoms with Gasteiger partial charge in [-0.15, -0.1) is 0 Å². The fourth-order valence-electron chi connectivity index (χ4n) is 3.78. The number of hydrogen-bond acceptors (Lipinski definition) is 3. The molecule has 0 saturated carbocycles. The second-order valence-electron chi connectivity index (χ2n) is 7.20. The van der Waals surface area contributed by atoms with E-state index in [1.54, 1.807) is 31.5 Å². The van der Waals surface area contributed by atoms with Gasteiger partial charge in [-0.05, 0) is 61.0 Å². The highest BCUT2D eigenvalue weighted by Crippen LogP contribution is 2.26. The molecule has 0 aliphatic carbocycles. The molecular weight excluding hydrogens is 393 g/mol. The Balaban J connectivity index is 1.60. The molecule has 0 saturated heterocycles. The number of hydrazone groups is 1. The number of hydrogen-bond donors (Lipinski definition) is 1. The number of amides is 1. The largest absolute Gasteiger partial charge is 0.496 e. The van der Waals surface area contributed by atoms with Gasteiger partial charge in [0.15, 0.2) is 0 Å². The van der Waals surface area contributed by atoms with Crippen LogP contribution in [0.4, 0.5) is 4.39 Å². The maximum Gasteiger partial charge on any atom is 0.273 e. The predicted molar refractivity (Wildman–Crippen MR) is 121 cm³/mol. The van der Waals surface area contributed by atoms with Crippen molar-refractivity contribution in [3.8, 4) is 11.4 Å². The third-order valence-corrected chi connectivity index (χ3v) is 5.27.